The third-order valence-electron chi connectivity index (χ3n) is 4.99. The first-order valence-corrected chi connectivity index (χ1v) is 11.3. The van der Waals surface area contributed by atoms with Crippen molar-refractivity contribution in [3.63, 3.8) is 0 Å². The number of anilines is 1. The van der Waals surface area contributed by atoms with Gasteiger partial charge in [-0.25, -0.2) is 8.42 Å². The molecule has 0 unspecified atom stereocenters. The van der Waals surface area contributed by atoms with Crippen LogP contribution in [0.5, 0.6) is 0 Å². The Morgan fingerprint density at radius 2 is 1.63 bits per heavy atom. The SMILES string of the molecule is CC[C@@H](NC(=O)c1cccc(S(=O)(=O)Nc2ccc(C)cc2)c1)c1ccccc1C. The molecule has 0 aliphatic rings. The van der Waals surface area contributed by atoms with E-state index in [0.29, 0.717) is 11.3 Å². The molecule has 1 atom stereocenters. The molecule has 30 heavy (non-hydrogen) atoms. The summed E-state index contributed by atoms with van der Waals surface area (Å²) in [6, 6.07) is 20.9. The van der Waals surface area contributed by atoms with E-state index in [1.54, 1.807) is 24.3 Å². The minimum Gasteiger partial charge on any atom is -0.345 e. The molecule has 0 aliphatic carbocycles. The van der Waals surface area contributed by atoms with Crippen LogP contribution in [0.25, 0.3) is 0 Å². The molecular weight excluding hydrogens is 396 g/mol. The summed E-state index contributed by atoms with van der Waals surface area (Å²) in [5.74, 6) is -0.308. The number of benzene rings is 3. The van der Waals surface area contributed by atoms with Crippen molar-refractivity contribution in [2.24, 2.45) is 0 Å². The van der Waals surface area contributed by atoms with Crippen molar-refractivity contribution in [3.8, 4) is 0 Å². The molecule has 0 saturated carbocycles. The fraction of sp³-hybridized carbons (Fsp3) is 0.208. The number of amides is 1. The average Bonchev–Trinajstić information content (AvgIpc) is 2.74. The standard InChI is InChI=1S/C24H26N2O3S/c1-4-23(22-11-6-5-8-18(22)3)25-24(27)19-9-7-10-21(16-19)30(28,29)26-20-14-12-17(2)13-15-20/h5-16,23,26H,4H2,1-3H3,(H,25,27)/t23-/m1/s1. The zero-order valence-corrected chi connectivity index (χ0v) is 18.2. The highest BCUT2D eigenvalue weighted by Crippen LogP contribution is 2.22. The van der Waals surface area contributed by atoms with Crippen LogP contribution in [-0.2, 0) is 10.0 Å². The highest BCUT2D eigenvalue weighted by Gasteiger charge is 2.19. The van der Waals surface area contributed by atoms with Crippen molar-refractivity contribution in [2.75, 3.05) is 4.72 Å². The number of hydrogen-bond donors (Lipinski definition) is 2. The molecule has 0 spiro atoms. The fourth-order valence-corrected chi connectivity index (χ4v) is 4.36. The smallest absolute Gasteiger partial charge is 0.261 e. The Morgan fingerprint density at radius 1 is 0.933 bits per heavy atom. The van der Waals surface area contributed by atoms with Gasteiger partial charge in [-0.1, -0.05) is 55.0 Å². The van der Waals surface area contributed by atoms with Gasteiger partial charge in [0.2, 0.25) is 0 Å². The normalized spacial score (nSPS) is 12.2. The summed E-state index contributed by atoms with van der Waals surface area (Å²) in [7, 11) is -3.81. The van der Waals surface area contributed by atoms with Gasteiger partial charge in [0.05, 0.1) is 10.9 Å². The number of nitrogens with one attached hydrogen (secondary N) is 2. The van der Waals surface area contributed by atoms with E-state index >= 15 is 0 Å². The molecule has 0 aliphatic heterocycles. The number of aryl methyl sites for hydroxylation is 2. The molecule has 3 aromatic rings. The monoisotopic (exact) mass is 422 g/mol. The number of carbonyl (C=O) groups is 1. The molecule has 0 bridgehead atoms. The van der Waals surface area contributed by atoms with Crippen molar-refractivity contribution < 1.29 is 13.2 Å². The maximum absolute atomic E-state index is 12.8. The van der Waals surface area contributed by atoms with E-state index in [0.717, 1.165) is 23.1 Å². The molecule has 0 aromatic heterocycles. The second-order valence-corrected chi connectivity index (χ2v) is 8.97. The van der Waals surface area contributed by atoms with Gasteiger partial charge in [-0.05, 0) is 61.7 Å². The summed E-state index contributed by atoms with van der Waals surface area (Å²) in [4.78, 5) is 12.9. The number of sulfonamides is 1. The Kier molecular flexibility index (Phi) is 6.57. The van der Waals surface area contributed by atoms with Crippen LogP contribution in [0.4, 0.5) is 5.69 Å². The highest BCUT2D eigenvalue weighted by molar-refractivity contribution is 7.92. The van der Waals surface area contributed by atoms with E-state index < -0.39 is 10.0 Å². The van der Waals surface area contributed by atoms with Gasteiger partial charge in [0.15, 0.2) is 0 Å². The van der Waals surface area contributed by atoms with Crippen molar-refractivity contribution in [3.05, 3.63) is 95.1 Å². The van der Waals surface area contributed by atoms with Gasteiger partial charge in [-0.2, -0.15) is 0 Å². The van der Waals surface area contributed by atoms with Gasteiger partial charge >= 0.3 is 0 Å². The van der Waals surface area contributed by atoms with Crippen molar-refractivity contribution in [2.45, 2.75) is 38.1 Å². The first kappa shape index (κ1) is 21.6. The van der Waals surface area contributed by atoms with E-state index in [1.807, 2.05) is 57.2 Å². The van der Waals surface area contributed by atoms with Gasteiger partial charge in [-0.3, -0.25) is 9.52 Å². The van der Waals surface area contributed by atoms with Crippen LogP contribution in [0, 0.1) is 13.8 Å². The van der Waals surface area contributed by atoms with Gasteiger partial charge in [0, 0.05) is 11.3 Å². The third-order valence-corrected chi connectivity index (χ3v) is 6.37. The lowest BCUT2D eigenvalue weighted by Crippen LogP contribution is -2.28. The molecule has 5 nitrogen and oxygen atoms in total. The van der Waals surface area contributed by atoms with Crippen LogP contribution in [0.3, 0.4) is 0 Å². The molecule has 0 saturated heterocycles. The molecular formula is C24H26N2O3S. The minimum absolute atomic E-state index is 0.0414. The van der Waals surface area contributed by atoms with Crippen LogP contribution >= 0.6 is 0 Å². The minimum atomic E-state index is -3.81. The van der Waals surface area contributed by atoms with Crippen molar-refractivity contribution in [1.29, 1.82) is 0 Å². The molecule has 6 heteroatoms. The maximum atomic E-state index is 12.8. The van der Waals surface area contributed by atoms with Gasteiger partial charge in [0.25, 0.3) is 15.9 Å². The average molecular weight is 423 g/mol. The predicted octanol–water partition coefficient (Wildman–Crippen LogP) is 4.99. The molecule has 0 fully saturated rings. The van der Waals surface area contributed by atoms with E-state index in [9.17, 15) is 13.2 Å². The molecule has 156 valence electrons. The summed E-state index contributed by atoms with van der Waals surface area (Å²) < 4.78 is 28.1. The molecule has 0 heterocycles. The topological polar surface area (TPSA) is 75.3 Å². The molecule has 2 N–H and O–H groups in total. The lowest BCUT2D eigenvalue weighted by Gasteiger charge is -2.19. The number of rotatable bonds is 7. The summed E-state index contributed by atoms with van der Waals surface area (Å²) in [5.41, 5.74) is 3.96. The number of carbonyl (C=O) groups excluding carboxylic acids is 1. The Labute approximate surface area is 178 Å². The van der Waals surface area contributed by atoms with Crippen LogP contribution in [0.2, 0.25) is 0 Å². The summed E-state index contributed by atoms with van der Waals surface area (Å²) >= 11 is 0. The summed E-state index contributed by atoms with van der Waals surface area (Å²) in [6.45, 7) is 5.94. The largest absolute Gasteiger partial charge is 0.345 e. The van der Waals surface area contributed by atoms with E-state index in [2.05, 4.69) is 10.0 Å². The lowest BCUT2D eigenvalue weighted by molar-refractivity contribution is 0.0935. The van der Waals surface area contributed by atoms with E-state index in [1.165, 1.54) is 12.1 Å². The van der Waals surface area contributed by atoms with Crippen LogP contribution in [-0.4, -0.2) is 14.3 Å². The molecule has 0 radical (unpaired) electrons. The summed E-state index contributed by atoms with van der Waals surface area (Å²) in [5, 5.41) is 3.02. The predicted molar refractivity (Wildman–Crippen MR) is 120 cm³/mol. The quantitative estimate of drug-likeness (QED) is 0.563. The lowest BCUT2D eigenvalue weighted by atomic mass is 9.99. The Morgan fingerprint density at radius 3 is 2.30 bits per heavy atom. The second kappa shape index (κ2) is 9.13. The van der Waals surface area contributed by atoms with Crippen LogP contribution in [0.15, 0.2) is 77.7 Å². The summed E-state index contributed by atoms with van der Waals surface area (Å²) in [6.07, 6.45) is 0.726. The molecule has 3 aromatic carbocycles. The molecule has 1 amide bonds. The van der Waals surface area contributed by atoms with Crippen molar-refractivity contribution >= 4 is 21.6 Å². The number of hydrogen-bond acceptors (Lipinski definition) is 3. The van der Waals surface area contributed by atoms with Gasteiger partial charge < -0.3 is 5.32 Å². The van der Waals surface area contributed by atoms with Crippen molar-refractivity contribution in [1.82, 2.24) is 5.32 Å². The highest BCUT2D eigenvalue weighted by atomic mass is 32.2. The van der Waals surface area contributed by atoms with E-state index in [4.69, 9.17) is 0 Å². The molecule has 3 rings (SSSR count). The van der Waals surface area contributed by atoms with Gasteiger partial charge in [0.1, 0.15) is 0 Å². The first-order valence-electron chi connectivity index (χ1n) is 9.86. The fourth-order valence-electron chi connectivity index (χ4n) is 3.26. The van der Waals surface area contributed by atoms with E-state index in [-0.39, 0.29) is 16.8 Å². The van der Waals surface area contributed by atoms with Crippen LogP contribution < -0.4 is 10.0 Å². The third kappa shape index (κ3) is 5.07. The zero-order chi connectivity index (χ0) is 21.7. The van der Waals surface area contributed by atoms with Gasteiger partial charge in [-0.15, -0.1) is 0 Å². The van der Waals surface area contributed by atoms with Crippen LogP contribution in [0.1, 0.15) is 46.4 Å². The Balaban J connectivity index is 1.81. The first-order chi connectivity index (χ1) is 14.3. The Bertz CT molecular complexity index is 1140. The zero-order valence-electron chi connectivity index (χ0n) is 17.3. The Hall–Kier alpha value is -3.12. The second-order valence-electron chi connectivity index (χ2n) is 7.29. The maximum Gasteiger partial charge on any atom is 0.261 e.